The number of fused-ring (bicyclic) bond motifs is 1. The Morgan fingerprint density at radius 3 is 3.00 bits per heavy atom. The third-order valence-corrected chi connectivity index (χ3v) is 2.12. The number of hydrogen-bond acceptors (Lipinski definition) is 5. The van der Waals surface area contributed by atoms with Gasteiger partial charge in [-0.15, -0.1) is 0 Å². The molecule has 0 fully saturated rings. The van der Waals surface area contributed by atoms with Crippen LogP contribution in [0.1, 0.15) is 0 Å². The van der Waals surface area contributed by atoms with Gasteiger partial charge in [0.1, 0.15) is 6.61 Å². The fraction of sp³-hybridized carbons (Fsp3) is 0.333. The number of aliphatic hydroxyl groups is 1. The minimum atomic E-state index is -0.873. The Hall–Kier alpha value is -1.89. The standard InChI is InChI=1S/C9H8FNO5/c10-7-1-5(11(13)14)2-8-9(7)16-6(3-12)4-15-8/h1-2,6,12H,3-4H2/t6-/m0/s1. The highest BCUT2D eigenvalue weighted by Crippen LogP contribution is 2.37. The van der Waals surface area contributed by atoms with Gasteiger partial charge in [0.05, 0.1) is 23.7 Å². The zero-order chi connectivity index (χ0) is 11.7. The Morgan fingerprint density at radius 1 is 1.62 bits per heavy atom. The first kappa shape index (κ1) is 10.6. The molecule has 1 N–H and O–H groups in total. The number of nitro benzene ring substituents is 1. The molecule has 0 bridgehead atoms. The molecule has 1 heterocycles. The first-order valence-electron chi connectivity index (χ1n) is 4.50. The predicted molar refractivity (Wildman–Crippen MR) is 50.1 cm³/mol. The molecule has 1 aromatic rings. The monoisotopic (exact) mass is 229 g/mol. The van der Waals surface area contributed by atoms with Crippen molar-refractivity contribution < 1.29 is 23.9 Å². The lowest BCUT2D eigenvalue weighted by molar-refractivity contribution is -0.385. The van der Waals surface area contributed by atoms with Crippen LogP contribution in [0.25, 0.3) is 0 Å². The molecule has 16 heavy (non-hydrogen) atoms. The Labute approximate surface area is 89.4 Å². The smallest absolute Gasteiger partial charge is 0.276 e. The molecule has 1 aliphatic rings. The summed E-state index contributed by atoms with van der Waals surface area (Å²) in [5.41, 5.74) is -0.401. The van der Waals surface area contributed by atoms with Crippen molar-refractivity contribution in [3.8, 4) is 11.5 Å². The minimum absolute atomic E-state index is 0.0172. The molecule has 0 saturated carbocycles. The van der Waals surface area contributed by atoms with Crippen molar-refractivity contribution in [3.63, 3.8) is 0 Å². The van der Waals surface area contributed by atoms with Gasteiger partial charge in [-0.3, -0.25) is 10.1 Å². The molecule has 0 spiro atoms. The summed E-state index contributed by atoms with van der Waals surface area (Å²) in [6, 6.07) is 1.84. The lowest BCUT2D eigenvalue weighted by Gasteiger charge is -2.25. The second-order valence-electron chi connectivity index (χ2n) is 3.25. The number of nitro groups is 1. The van der Waals surface area contributed by atoms with E-state index in [0.717, 1.165) is 12.1 Å². The molecule has 0 radical (unpaired) electrons. The van der Waals surface area contributed by atoms with Crippen molar-refractivity contribution >= 4 is 5.69 Å². The highest BCUT2D eigenvalue weighted by Gasteiger charge is 2.26. The Kier molecular flexibility index (Phi) is 2.61. The summed E-state index contributed by atoms with van der Waals surface area (Å²) < 4.78 is 23.6. The molecule has 1 aliphatic heterocycles. The quantitative estimate of drug-likeness (QED) is 0.601. The van der Waals surface area contributed by atoms with Gasteiger partial charge in [0.15, 0.2) is 23.4 Å². The van der Waals surface area contributed by atoms with Crippen molar-refractivity contribution in [2.45, 2.75) is 6.10 Å². The molecule has 86 valence electrons. The summed E-state index contributed by atoms with van der Waals surface area (Å²) in [5.74, 6) is -1.09. The maximum atomic E-state index is 13.4. The third kappa shape index (κ3) is 1.76. The van der Waals surface area contributed by atoms with Gasteiger partial charge in [-0.05, 0) is 0 Å². The fourth-order valence-electron chi connectivity index (χ4n) is 1.35. The van der Waals surface area contributed by atoms with Crippen LogP contribution in [0.3, 0.4) is 0 Å². The highest BCUT2D eigenvalue weighted by atomic mass is 19.1. The van der Waals surface area contributed by atoms with E-state index in [9.17, 15) is 14.5 Å². The van der Waals surface area contributed by atoms with Crippen molar-refractivity contribution in [2.24, 2.45) is 0 Å². The van der Waals surface area contributed by atoms with Gasteiger partial charge in [-0.2, -0.15) is 0 Å². The average molecular weight is 229 g/mol. The van der Waals surface area contributed by atoms with Crippen molar-refractivity contribution in [2.75, 3.05) is 13.2 Å². The zero-order valence-corrected chi connectivity index (χ0v) is 8.05. The van der Waals surface area contributed by atoms with Gasteiger partial charge in [0.25, 0.3) is 5.69 Å². The van der Waals surface area contributed by atoms with Gasteiger partial charge >= 0.3 is 0 Å². The van der Waals surface area contributed by atoms with E-state index >= 15 is 0 Å². The van der Waals surface area contributed by atoms with Gasteiger partial charge in [0, 0.05) is 0 Å². The van der Waals surface area contributed by atoms with Crippen molar-refractivity contribution in [3.05, 3.63) is 28.1 Å². The Bertz CT molecular complexity index is 436. The van der Waals surface area contributed by atoms with Crippen LogP contribution in [0.2, 0.25) is 0 Å². The van der Waals surface area contributed by atoms with E-state index in [2.05, 4.69) is 0 Å². The largest absolute Gasteiger partial charge is 0.485 e. The number of nitrogens with zero attached hydrogens (tertiary/aromatic N) is 1. The lowest BCUT2D eigenvalue weighted by Crippen LogP contribution is -2.32. The summed E-state index contributed by atoms with van der Waals surface area (Å²) in [4.78, 5) is 9.74. The molecule has 6 nitrogen and oxygen atoms in total. The van der Waals surface area contributed by atoms with Crippen LogP contribution in [-0.4, -0.2) is 29.3 Å². The van der Waals surface area contributed by atoms with E-state index in [1.165, 1.54) is 0 Å². The van der Waals surface area contributed by atoms with Gasteiger partial charge in [-0.25, -0.2) is 4.39 Å². The van der Waals surface area contributed by atoms with Crippen LogP contribution in [0, 0.1) is 15.9 Å². The summed E-state index contributed by atoms with van der Waals surface area (Å²) >= 11 is 0. The number of aliphatic hydroxyl groups excluding tert-OH is 1. The van der Waals surface area contributed by atoms with E-state index in [-0.39, 0.29) is 24.7 Å². The maximum Gasteiger partial charge on any atom is 0.276 e. The SMILES string of the molecule is O=[N+]([O-])c1cc(F)c2c(c1)OC[C@H](CO)O2. The van der Waals surface area contributed by atoms with Crippen LogP contribution < -0.4 is 9.47 Å². The number of halogens is 1. The first-order chi connectivity index (χ1) is 7.61. The number of rotatable bonds is 2. The van der Waals surface area contributed by atoms with Crippen LogP contribution >= 0.6 is 0 Å². The third-order valence-electron chi connectivity index (χ3n) is 2.12. The minimum Gasteiger partial charge on any atom is -0.485 e. The van der Waals surface area contributed by atoms with Crippen LogP contribution in [0.5, 0.6) is 11.5 Å². The van der Waals surface area contributed by atoms with E-state index in [1.807, 2.05) is 0 Å². The topological polar surface area (TPSA) is 81.8 Å². The lowest BCUT2D eigenvalue weighted by atomic mass is 10.2. The molecule has 0 aromatic heterocycles. The molecule has 0 aliphatic carbocycles. The number of ether oxygens (including phenoxy) is 2. The van der Waals surface area contributed by atoms with Crippen molar-refractivity contribution in [1.29, 1.82) is 0 Å². The molecular weight excluding hydrogens is 221 g/mol. The Balaban J connectivity index is 2.40. The maximum absolute atomic E-state index is 13.4. The first-order valence-corrected chi connectivity index (χ1v) is 4.50. The zero-order valence-electron chi connectivity index (χ0n) is 8.05. The van der Waals surface area contributed by atoms with Crippen LogP contribution in [0.4, 0.5) is 10.1 Å². The molecule has 7 heteroatoms. The molecule has 0 saturated heterocycles. The number of non-ortho nitro benzene ring substituents is 1. The van der Waals surface area contributed by atoms with Gasteiger partial charge < -0.3 is 14.6 Å². The summed E-state index contributed by atoms with van der Waals surface area (Å²) in [6.45, 7) is -0.278. The number of benzene rings is 1. The molecule has 1 atom stereocenters. The van der Waals surface area contributed by atoms with Gasteiger partial charge in [0.2, 0.25) is 0 Å². The van der Waals surface area contributed by atoms with E-state index in [0.29, 0.717) is 0 Å². The predicted octanol–water partition coefficient (Wildman–Crippen LogP) is 0.866. The van der Waals surface area contributed by atoms with E-state index in [4.69, 9.17) is 14.6 Å². The second kappa shape index (κ2) is 3.93. The Morgan fingerprint density at radius 2 is 2.38 bits per heavy atom. The molecule has 2 rings (SSSR count). The highest BCUT2D eigenvalue weighted by molar-refractivity contribution is 5.50. The molecule has 0 amide bonds. The molecular formula is C9H8FNO5. The van der Waals surface area contributed by atoms with Gasteiger partial charge in [-0.1, -0.05) is 0 Å². The number of hydrogen-bond donors (Lipinski definition) is 1. The molecule has 1 aromatic carbocycles. The molecule has 0 unspecified atom stereocenters. The van der Waals surface area contributed by atoms with Crippen LogP contribution in [-0.2, 0) is 0 Å². The summed E-state index contributed by atoms with van der Waals surface area (Å²) in [6.07, 6.45) is -0.650. The van der Waals surface area contributed by atoms with Crippen LogP contribution in [0.15, 0.2) is 12.1 Å². The second-order valence-corrected chi connectivity index (χ2v) is 3.25. The fourth-order valence-corrected chi connectivity index (χ4v) is 1.35. The summed E-state index contributed by atoms with van der Waals surface area (Å²) in [5, 5.41) is 19.3. The average Bonchev–Trinajstić information content (AvgIpc) is 2.28. The van der Waals surface area contributed by atoms with Crippen molar-refractivity contribution in [1.82, 2.24) is 0 Å². The van der Waals surface area contributed by atoms with E-state index in [1.54, 1.807) is 0 Å². The normalized spacial score (nSPS) is 18.2. The van der Waals surface area contributed by atoms with E-state index < -0.39 is 22.5 Å². The summed E-state index contributed by atoms with van der Waals surface area (Å²) in [7, 11) is 0.